The molecule has 2 N–H and O–H groups in total. The summed E-state index contributed by atoms with van der Waals surface area (Å²) >= 11 is 0. The van der Waals surface area contributed by atoms with Gasteiger partial charge in [0.05, 0.1) is 14.2 Å². The number of likely N-dealkylation sites (N-methyl/N-ethyl adjacent to an activating group) is 1. The van der Waals surface area contributed by atoms with Crippen molar-refractivity contribution < 1.29 is 9.47 Å². The van der Waals surface area contributed by atoms with Crippen LogP contribution in [0.5, 0.6) is 11.5 Å². The maximum absolute atomic E-state index is 5.34. The van der Waals surface area contributed by atoms with E-state index in [-0.39, 0.29) is 24.0 Å². The largest absolute Gasteiger partial charge is 0.493 e. The predicted molar refractivity (Wildman–Crippen MR) is 124 cm³/mol. The Labute approximate surface area is 179 Å². The van der Waals surface area contributed by atoms with Gasteiger partial charge in [-0.1, -0.05) is 18.2 Å². The van der Waals surface area contributed by atoms with E-state index in [0.717, 1.165) is 12.2 Å². The predicted octanol–water partition coefficient (Wildman–Crippen LogP) is 3.83. The van der Waals surface area contributed by atoms with Crippen LogP contribution >= 0.6 is 24.0 Å². The molecule has 0 aliphatic heterocycles. The summed E-state index contributed by atoms with van der Waals surface area (Å²) in [7, 11) is 7.08. The summed E-state index contributed by atoms with van der Waals surface area (Å²) in [6.07, 6.45) is 0. The number of halogens is 1. The molecule has 2 rings (SSSR count). The van der Waals surface area contributed by atoms with Gasteiger partial charge in [-0.3, -0.25) is 4.99 Å². The molecule has 0 aliphatic carbocycles. The van der Waals surface area contributed by atoms with Gasteiger partial charge in [0.25, 0.3) is 0 Å². The summed E-state index contributed by atoms with van der Waals surface area (Å²) in [6.45, 7) is 2.92. The van der Waals surface area contributed by atoms with Crippen LogP contribution in [0.3, 0.4) is 0 Å². The Hall–Kier alpha value is -2.16. The first kappa shape index (κ1) is 22.9. The molecule has 6 nitrogen and oxygen atoms in total. The number of aliphatic imine (C=N–C) groups is 1. The monoisotopic (exact) mass is 484 g/mol. The van der Waals surface area contributed by atoms with Gasteiger partial charge in [0.2, 0.25) is 0 Å². The van der Waals surface area contributed by atoms with Gasteiger partial charge >= 0.3 is 0 Å². The van der Waals surface area contributed by atoms with Crippen molar-refractivity contribution in [2.75, 3.05) is 45.1 Å². The Morgan fingerprint density at radius 1 is 1.07 bits per heavy atom. The molecule has 0 saturated carbocycles. The number of nitrogens with one attached hydrogen (secondary N) is 2. The van der Waals surface area contributed by atoms with Crippen molar-refractivity contribution in [2.24, 2.45) is 4.99 Å². The maximum atomic E-state index is 5.34. The van der Waals surface area contributed by atoms with Crippen LogP contribution in [-0.2, 0) is 0 Å². The van der Waals surface area contributed by atoms with Crippen LogP contribution in [0.4, 0.5) is 11.4 Å². The fourth-order valence-corrected chi connectivity index (χ4v) is 2.53. The summed E-state index contributed by atoms with van der Waals surface area (Å²) in [4.78, 5) is 6.52. The standard InChI is InChI=1S/C20H28N4O2.HI/c1-15(24(3)17-9-7-6-8-10-17)14-22-20(21-2)23-16-11-12-18(25-4)19(13-16)26-5;/h6-13,15H,14H2,1-5H3,(H2,21,22,23);1H. The number of hydrogen-bond acceptors (Lipinski definition) is 4. The highest BCUT2D eigenvalue weighted by Crippen LogP contribution is 2.29. The quantitative estimate of drug-likeness (QED) is 0.356. The SMILES string of the molecule is CN=C(NCC(C)N(C)c1ccccc1)Nc1ccc(OC)c(OC)c1.I. The topological polar surface area (TPSA) is 58.1 Å². The first-order valence-electron chi connectivity index (χ1n) is 8.56. The molecule has 0 amide bonds. The van der Waals surface area contributed by atoms with Crippen LogP contribution in [0.15, 0.2) is 53.5 Å². The van der Waals surface area contributed by atoms with E-state index in [2.05, 4.69) is 46.6 Å². The average Bonchev–Trinajstić information content (AvgIpc) is 2.70. The second-order valence-corrected chi connectivity index (χ2v) is 5.94. The van der Waals surface area contributed by atoms with Gasteiger partial charge in [-0.15, -0.1) is 24.0 Å². The van der Waals surface area contributed by atoms with E-state index in [4.69, 9.17) is 9.47 Å². The van der Waals surface area contributed by atoms with Crippen molar-refractivity contribution in [1.29, 1.82) is 0 Å². The third-order valence-corrected chi connectivity index (χ3v) is 4.26. The van der Waals surface area contributed by atoms with Gasteiger partial charge in [0.1, 0.15) is 0 Å². The number of nitrogens with zero attached hydrogens (tertiary/aromatic N) is 2. The van der Waals surface area contributed by atoms with E-state index in [0.29, 0.717) is 23.5 Å². The summed E-state index contributed by atoms with van der Waals surface area (Å²) in [5, 5.41) is 6.63. The molecular weight excluding hydrogens is 455 g/mol. The van der Waals surface area contributed by atoms with Gasteiger partial charge in [-0.25, -0.2) is 0 Å². The molecule has 1 unspecified atom stereocenters. The first-order valence-corrected chi connectivity index (χ1v) is 8.56. The zero-order valence-corrected chi connectivity index (χ0v) is 18.9. The second kappa shape index (κ2) is 11.5. The van der Waals surface area contributed by atoms with Crippen LogP contribution in [0.2, 0.25) is 0 Å². The zero-order chi connectivity index (χ0) is 18.9. The summed E-state index contributed by atoms with van der Waals surface area (Å²) < 4.78 is 10.6. The number of para-hydroxylation sites is 1. The first-order chi connectivity index (χ1) is 12.6. The highest BCUT2D eigenvalue weighted by Gasteiger charge is 2.11. The average molecular weight is 484 g/mol. The minimum atomic E-state index is 0. The van der Waals surface area contributed by atoms with E-state index in [1.807, 2.05) is 36.4 Å². The van der Waals surface area contributed by atoms with Crippen molar-refractivity contribution in [1.82, 2.24) is 5.32 Å². The Morgan fingerprint density at radius 3 is 2.33 bits per heavy atom. The molecule has 0 radical (unpaired) electrons. The lowest BCUT2D eigenvalue weighted by atomic mass is 10.2. The molecule has 7 heteroatoms. The van der Waals surface area contributed by atoms with Crippen molar-refractivity contribution in [2.45, 2.75) is 13.0 Å². The minimum Gasteiger partial charge on any atom is -0.493 e. The Balaban J connectivity index is 0.00000364. The number of guanidine groups is 1. The molecule has 2 aromatic carbocycles. The van der Waals surface area contributed by atoms with Crippen molar-refractivity contribution in [3.63, 3.8) is 0 Å². The molecule has 0 bridgehead atoms. The van der Waals surface area contributed by atoms with Crippen LogP contribution < -0.4 is 25.0 Å². The lowest BCUT2D eigenvalue weighted by Crippen LogP contribution is -2.42. The molecule has 0 fully saturated rings. The Bertz CT molecular complexity index is 725. The molecule has 0 aromatic heterocycles. The van der Waals surface area contributed by atoms with Crippen LogP contribution in [0, 0.1) is 0 Å². The fourth-order valence-electron chi connectivity index (χ4n) is 2.53. The van der Waals surface area contributed by atoms with Gasteiger partial charge in [-0.2, -0.15) is 0 Å². The number of ether oxygens (including phenoxy) is 2. The molecular formula is C20H29IN4O2. The number of methoxy groups -OCH3 is 2. The van der Waals surface area contributed by atoms with E-state index >= 15 is 0 Å². The Kier molecular flexibility index (Phi) is 9.77. The van der Waals surface area contributed by atoms with Crippen LogP contribution in [0.25, 0.3) is 0 Å². The molecule has 27 heavy (non-hydrogen) atoms. The van der Waals surface area contributed by atoms with Gasteiger partial charge in [0, 0.05) is 44.1 Å². The summed E-state index contributed by atoms with van der Waals surface area (Å²) in [5.74, 6) is 2.06. The molecule has 1 atom stereocenters. The van der Waals surface area contributed by atoms with E-state index < -0.39 is 0 Å². The molecule has 0 spiro atoms. The van der Waals surface area contributed by atoms with E-state index in [1.165, 1.54) is 5.69 Å². The number of anilines is 2. The third kappa shape index (κ3) is 6.50. The second-order valence-electron chi connectivity index (χ2n) is 5.94. The molecule has 0 aliphatic rings. The molecule has 2 aromatic rings. The third-order valence-electron chi connectivity index (χ3n) is 4.26. The summed E-state index contributed by atoms with van der Waals surface area (Å²) in [6, 6.07) is 16.3. The van der Waals surface area contributed by atoms with E-state index in [1.54, 1.807) is 21.3 Å². The normalized spacial score (nSPS) is 11.8. The van der Waals surface area contributed by atoms with Crippen LogP contribution in [0.1, 0.15) is 6.92 Å². The smallest absolute Gasteiger partial charge is 0.195 e. The maximum Gasteiger partial charge on any atom is 0.195 e. The highest BCUT2D eigenvalue weighted by molar-refractivity contribution is 14.0. The minimum absolute atomic E-state index is 0. The van der Waals surface area contributed by atoms with E-state index in [9.17, 15) is 0 Å². The van der Waals surface area contributed by atoms with Crippen molar-refractivity contribution in [3.8, 4) is 11.5 Å². The fraction of sp³-hybridized carbons (Fsp3) is 0.350. The zero-order valence-electron chi connectivity index (χ0n) is 16.5. The lowest BCUT2D eigenvalue weighted by molar-refractivity contribution is 0.355. The number of rotatable bonds is 7. The lowest BCUT2D eigenvalue weighted by Gasteiger charge is -2.28. The molecule has 0 heterocycles. The van der Waals surface area contributed by atoms with Crippen LogP contribution in [-0.4, -0.2) is 46.9 Å². The van der Waals surface area contributed by atoms with Gasteiger partial charge in [-0.05, 0) is 31.2 Å². The van der Waals surface area contributed by atoms with Gasteiger partial charge < -0.3 is 25.0 Å². The highest BCUT2D eigenvalue weighted by atomic mass is 127. The van der Waals surface area contributed by atoms with Crippen molar-refractivity contribution >= 4 is 41.3 Å². The van der Waals surface area contributed by atoms with Gasteiger partial charge in [0.15, 0.2) is 17.5 Å². The Morgan fingerprint density at radius 2 is 1.74 bits per heavy atom. The summed E-state index contributed by atoms with van der Waals surface area (Å²) in [5.41, 5.74) is 2.06. The number of hydrogen-bond donors (Lipinski definition) is 2. The number of benzene rings is 2. The van der Waals surface area contributed by atoms with Crippen molar-refractivity contribution in [3.05, 3.63) is 48.5 Å². The molecule has 148 valence electrons. The molecule has 0 saturated heterocycles.